The minimum atomic E-state index is -0.444. The standard InChI is InChI=1S/C22H19N7O4/c1-14-10-18(15(2)19(11-14)29(31)32)20-9-8-17(33-20)12-23-24-21(30)13-28-26-22(25-27-28)16-6-4-3-5-7-16/h3-12H,13H2,1-2H3,(H,24,30)/b23-12-. The minimum Gasteiger partial charge on any atom is -0.455 e. The van der Waals surface area contributed by atoms with Crippen LogP contribution >= 0.6 is 0 Å². The molecule has 0 spiro atoms. The van der Waals surface area contributed by atoms with Gasteiger partial charge in [-0.15, -0.1) is 10.2 Å². The Hall–Kier alpha value is -4.67. The second-order valence-electron chi connectivity index (χ2n) is 7.22. The molecular formula is C22H19N7O4. The van der Waals surface area contributed by atoms with Crippen LogP contribution in [0.5, 0.6) is 0 Å². The first-order chi connectivity index (χ1) is 15.9. The van der Waals surface area contributed by atoms with Crippen molar-refractivity contribution in [3.8, 4) is 22.7 Å². The van der Waals surface area contributed by atoms with Gasteiger partial charge in [-0.2, -0.15) is 9.90 Å². The molecule has 4 rings (SSSR count). The Balaban J connectivity index is 1.39. The predicted octanol–water partition coefficient (Wildman–Crippen LogP) is 3.28. The Morgan fingerprint density at radius 3 is 2.76 bits per heavy atom. The molecule has 11 nitrogen and oxygen atoms in total. The molecule has 1 amide bonds. The molecule has 0 saturated heterocycles. The lowest BCUT2D eigenvalue weighted by Crippen LogP contribution is -2.24. The number of aromatic nitrogens is 4. The monoisotopic (exact) mass is 445 g/mol. The average molecular weight is 445 g/mol. The van der Waals surface area contributed by atoms with E-state index in [4.69, 9.17) is 4.42 Å². The summed E-state index contributed by atoms with van der Waals surface area (Å²) in [5.41, 5.74) is 5.08. The van der Waals surface area contributed by atoms with Gasteiger partial charge in [0, 0.05) is 22.8 Å². The summed E-state index contributed by atoms with van der Waals surface area (Å²) in [6, 6.07) is 16.0. The van der Waals surface area contributed by atoms with Crippen molar-refractivity contribution in [1.82, 2.24) is 25.6 Å². The fourth-order valence-corrected chi connectivity index (χ4v) is 3.20. The van der Waals surface area contributed by atoms with Crippen LogP contribution in [-0.4, -0.2) is 37.3 Å². The van der Waals surface area contributed by atoms with Crippen LogP contribution in [0, 0.1) is 24.0 Å². The molecule has 11 heteroatoms. The van der Waals surface area contributed by atoms with E-state index in [1.165, 1.54) is 17.1 Å². The maximum atomic E-state index is 12.1. The Morgan fingerprint density at radius 1 is 1.21 bits per heavy atom. The Labute approximate surface area is 187 Å². The molecule has 2 aromatic carbocycles. The number of nitrogens with one attached hydrogen (secondary N) is 1. The fraction of sp³-hybridized carbons (Fsp3) is 0.136. The summed E-state index contributed by atoms with van der Waals surface area (Å²) >= 11 is 0. The lowest BCUT2D eigenvalue weighted by Gasteiger charge is -2.05. The van der Waals surface area contributed by atoms with Gasteiger partial charge in [0.2, 0.25) is 5.82 Å². The number of tetrazole rings is 1. The summed E-state index contributed by atoms with van der Waals surface area (Å²) in [5, 5.41) is 27.1. The lowest BCUT2D eigenvalue weighted by molar-refractivity contribution is -0.385. The number of rotatable bonds is 7. The number of carbonyl (C=O) groups is 1. The van der Waals surface area contributed by atoms with Crippen LogP contribution in [0.3, 0.4) is 0 Å². The van der Waals surface area contributed by atoms with Gasteiger partial charge in [0.05, 0.1) is 11.1 Å². The van der Waals surface area contributed by atoms with Crippen LogP contribution in [0.4, 0.5) is 5.69 Å². The molecule has 0 saturated carbocycles. The number of nitrogens with zero attached hydrogens (tertiary/aromatic N) is 6. The van der Waals surface area contributed by atoms with Crippen molar-refractivity contribution >= 4 is 17.8 Å². The van der Waals surface area contributed by atoms with Gasteiger partial charge < -0.3 is 4.42 Å². The number of nitro groups is 1. The molecule has 0 bridgehead atoms. The van der Waals surface area contributed by atoms with Crippen LogP contribution in [0.15, 0.2) is 64.1 Å². The molecule has 2 heterocycles. The molecule has 1 N–H and O–H groups in total. The second kappa shape index (κ2) is 9.22. The van der Waals surface area contributed by atoms with Gasteiger partial charge in [-0.1, -0.05) is 30.3 Å². The molecule has 2 aromatic heterocycles. The number of hydrogen-bond donors (Lipinski definition) is 1. The molecule has 0 aliphatic heterocycles. The number of hydrogen-bond acceptors (Lipinski definition) is 8. The molecule has 0 radical (unpaired) electrons. The highest BCUT2D eigenvalue weighted by atomic mass is 16.6. The zero-order valence-electron chi connectivity index (χ0n) is 17.8. The van der Waals surface area contributed by atoms with Gasteiger partial charge in [0.1, 0.15) is 18.1 Å². The summed E-state index contributed by atoms with van der Waals surface area (Å²) < 4.78 is 5.73. The van der Waals surface area contributed by atoms with Gasteiger partial charge in [-0.3, -0.25) is 14.9 Å². The van der Waals surface area contributed by atoms with Crippen molar-refractivity contribution in [3.63, 3.8) is 0 Å². The van der Waals surface area contributed by atoms with Crippen LogP contribution < -0.4 is 5.43 Å². The van der Waals surface area contributed by atoms with Crippen molar-refractivity contribution < 1.29 is 14.1 Å². The molecule has 4 aromatic rings. The summed E-state index contributed by atoms with van der Waals surface area (Å²) in [6.07, 6.45) is 1.34. The summed E-state index contributed by atoms with van der Waals surface area (Å²) in [7, 11) is 0. The Kier molecular flexibility index (Phi) is 6.02. The van der Waals surface area contributed by atoms with E-state index in [9.17, 15) is 14.9 Å². The van der Waals surface area contributed by atoms with E-state index < -0.39 is 10.8 Å². The van der Waals surface area contributed by atoms with Crippen molar-refractivity contribution in [2.24, 2.45) is 5.10 Å². The Morgan fingerprint density at radius 2 is 2.00 bits per heavy atom. The summed E-state index contributed by atoms with van der Waals surface area (Å²) in [5.74, 6) is 0.813. The number of furan rings is 1. The topological polar surface area (TPSA) is 141 Å². The van der Waals surface area contributed by atoms with Gasteiger partial charge in [-0.05, 0) is 42.8 Å². The average Bonchev–Trinajstić information content (AvgIpc) is 3.45. The minimum absolute atomic E-state index is 0.0287. The first kappa shape index (κ1) is 21.6. The Bertz CT molecular complexity index is 1340. The van der Waals surface area contributed by atoms with Crippen molar-refractivity contribution in [2.75, 3.05) is 0 Å². The second-order valence-corrected chi connectivity index (χ2v) is 7.22. The third-order valence-corrected chi connectivity index (χ3v) is 4.76. The molecule has 166 valence electrons. The van der Waals surface area contributed by atoms with Crippen molar-refractivity contribution in [3.05, 3.63) is 81.6 Å². The third kappa shape index (κ3) is 4.98. The number of aryl methyl sites for hydroxylation is 1. The van der Waals surface area contributed by atoms with Crippen molar-refractivity contribution in [1.29, 1.82) is 0 Å². The largest absolute Gasteiger partial charge is 0.455 e. The summed E-state index contributed by atoms with van der Waals surface area (Å²) in [4.78, 5) is 24.1. The normalized spacial score (nSPS) is 11.1. The molecule has 0 atom stereocenters. The van der Waals surface area contributed by atoms with E-state index in [1.54, 1.807) is 26.0 Å². The fourth-order valence-electron chi connectivity index (χ4n) is 3.20. The van der Waals surface area contributed by atoms with Gasteiger partial charge in [0.25, 0.3) is 11.6 Å². The van der Waals surface area contributed by atoms with Crippen LogP contribution in [-0.2, 0) is 11.3 Å². The van der Waals surface area contributed by atoms with Gasteiger partial charge in [-0.25, -0.2) is 5.43 Å². The van der Waals surface area contributed by atoms with Crippen LogP contribution in [0.1, 0.15) is 16.9 Å². The summed E-state index contributed by atoms with van der Waals surface area (Å²) in [6.45, 7) is 3.29. The highest BCUT2D eigenvalue weighted by molar-refractivity contribution is 5.81. The molecule has 0 unspecified atom stereocenters. The van der Waals surface area contributed by atoms with E-state index in [1.807, 2.05) is 36.4 Å². The zero-order valence-corrected chi connectivity index (χ0v) is 17.8. The number of amides is 1. The number of benzene rings is 2. The molecule has 33 heavy (non-hydrogen) atoms. The molecule has 0 fully saturated rings. The van der Waals surface area contributed by atoms with Gasteiger partial charge in [0.15, 0.2) is 0 Å². The van der Waals surface area contributed by atoms with E-state index in [0.717, 1.165) is 11.1 Å². The van der Waals surface area contributed by atoms with Crippen LogP contribution in [0.25, 0.3) is 22.7 Å². The number of hydrazone groups is 1. The number of carbonyl (C=O) groups excluding carboxylic acids is 1. The predicted molar refractivity (Wildman–Crippen MR) is 119 cm³/mol. The zero-order chi connectivity index (χ0) is 23.4. The van der Waals surface area contributed by atoms with Gasteiger partial charge >= 0.3 is 0 Å². The number of nitro benzene ring substituents is 1. The SMILES string of the molecule is Cc1cc(-c2ccc(/C=N\NC(=O)Cn3nnc(-c4ccccc4)n3)o2)c(C)c([N+](=O)[O-])c1. The maximum absolute atomic E-state index is 12.1. The lowest BCUT2D eigenvalue weighted by atomic mass is 10.0. The van der Waals surface area contributed by atoms with E-state index in [0.29, 0.717) is 28.5 Å². The molecule has 0 aliphatic rings. The van der Waals surface area contributed by atoms with E-state index in [2.05, 4.69) is 25.9 Å². The molecule has 0 aliphatic carbocycles. The quantitative estimate of drug-likeness (QED) is 0.261. The molecular weight excluding hydrogens is 426 g/mol. The smallest absolute Gasteiger partial charge is 0.273 e. The maximum Gasteiger partial charge on any atom is 0.273 e. The van der Waals surface area contributed by atoms with Crippen LogP contribution in [0.2, 0.25) is 0 Å². The highest BCUT2D eigenvalue weighted by Crippen LogP contribution is 2.32. The first-order valence-corrected chi connectivity index (χ1v) is 9.91. The highest BCUT2D eigenvalue weighted by Gasteiger charge is 2.18. The van der Waals surface area contributed by atoms with Crippen molar-refractivity contribution in [2.45, 2.75) is 20.4 Å². The van der Waals surface area contributed by atoms with E-state index >= 15 is 0 Å². The third-order valence-electron chi connectivity index (χ3n) is 4.76. The first-order valence-electron chi connectivity index (χ1n) is 9.91. The van der Waals surface area contributed by atoms with E-state index in [-0.39, 0.29) is 12.2 Å².